The molecule has 2 rings (SSSR count). The number of hydrogen-bond acceptors (Lipinski definition) is 6. The molecule has 1 aliphatic rings. The van der Waals surface area contributed by atoms with Gasteiger partial charge in [0.25, 0.3) is 0 Å². The Hall–Kier alpha value is -1.92. The number of nitrogens with two attached hydrogens (primary N) is 1. The number of aromatic nitrogens is 2. The van der Waals surface area contributed by atoms with E-state index in [1.54, 1.807) is 6.92 Å². The number of anilines is 2. The molecule has 1 aromatic rings. The summed E-state index contributed by atoms with van der Waals surface area (Å²) < 4.78 is 0. The lowest BCUT2D eigenvalue weighted by atomic mass is 9.80. The lowest BCUT2D eigenvalue weighted by Gasteiger charge is -2.33. The van der Waals surface area contributed by atoms with E-state index >= 15 is 0 Å². The van der Waals surface area contributed by atoms with E-state index < -0.39 is 4.92 Å². The van der Waals surface area contributed by atoms with Crippen molar-refractivity contribution >= 4 is 17.5 Å². The summed E-state index contributed by atoms with van der Waals surface area (Å²) in [5, 5.41) is 14.4. The molecule has 0 saturated heterocycles. The summed E-state index contributed by atoms with van der Waals surface area (Å²) in [5.74, 6) is 1.46. The molecule has 3 N–H and O–H groups in total. The first kappa shape index (κ1) is 14.5. The third-order valence-corrected chi connectivity index (χ3v) is 4.01. The zero-order valence-electron chi connectivity index (χ0n) is 12.1. The van der Waals surface area contributed by atoms with E-state index in [4.69, 9.17) is 5.73 Å². The number of nitrogens with one attached hydrogen (secondary N) is 1. The summed E-state index contributed by atoms with van der Waals surface area (Å²) in [6, 6.07) is 0.193. The van der Waals surface area contributed by atoms with Crippen LogP contribution in [0, 0.1) is 28.9 Å². The van der Waals surface area contributed by atoms with Gasteiger partial charge in [0, 0.05) is 6.04 Å². The number of aryl methyl sites for hydroxylation is 1. The summed E-state index contributed by atoms with van der Waals surface area (Å²) >= 11 is 0. The molecule has 7 heteroatoms. The molecule has 1 fully saturated rings. The molecule has 110 valence electrons. The van der Waals surface area contributed by atoms with Gasteiger partial charge in [0.1, 0.15) is 5.69 Å². The Morgan fingerprint density at radius 1 is 1.35 bits per heavy atom. The van der Waals surface area contributed by atoms with Gasteiger partial charge >= 0.3 is 5.69 Å². The van der Waals surface area contributed by atoms with Crippen molar-refractivity contribution in [1.82, 2.24) is 9.97 Å². The number of hydrogen-bond donors (Lipinski definition) is 2. The number of nitro groups is 1. The van der Waals surface area contributed by atoms with E-state index in [-0.39, 0.29) is 23.5 Å². The van der Waals surface area contributed by atoms with Gasteiger partial charge in [-0.1, -0.05) is 13.8 Å². The molecule has 0 spiro atoms. The molecule has 20 heavy (non-hydrogen) atoms. The van der Waals surface area contributed by atoms with Crippen molar-refractivity contribution in [1.29, 1.82) is 0 Å². The molecule has 0 bridgehead atoms. The van der Waals surface area contributed by atoms with Crippen molar-refractivity contribution in [3.63, 3.8) is 0 Å². The Kier molecular flexibility index (Phi) is 4.06. The minimum absolute atomic E-state index is 0.0624. The van der Waals surface area contributed by atoms with Gasteiger partial charge in [-0.3, -0.25) is 10.1 Å². The largest absolute Gasteiger partial charge is 0.368 e. The summed E-state index contributed by atoms with van der Waals surface area (Å²) in [7, 11) is 0. The van der Waals surface area contributed by atoms with Gasteiger partial charge in [0.15, 0.2) is 0 Å². The standard InChI is InChI=1S/C13H21N5O2/c1-7-4-5-10(8(2)6-7)16-12-11(18(19)20)9(3)15-13(14)17-12/h7-8,10H,4-6H2,1-3H3,(H3,14,15,16,17). The highest BCUT2D eigenvalue weighted by atomic mass is 16.6. The van der Waals surface area contributed by atoms with Crippen LogP contribution in [-0.4, -0.2) is 20.9 Å². The molecular formula is C13H21N5O2. The zero-order valence-corrected chi connectivity index (χ0v) is 12.1. The van der Waals surface area contributed by atoms with E-state index in [0.29, 0.717) is 17.5 Å². The molecule has 3 unspecified atom stereocenters. The number of nitrogens with zero attached hydrogens (tertiary/aromatic N) is 3. The Labute approximate surface area is 118 Å². The molecule has 0 amide bonds. The topological polar surface area (TPSA) is 107 Å². The first-order chi connectivity index (χ1) is 9.38. The van der Waals surface area contributed by atoms with E-state index in [0.717, 1.165) is 19.3 Å². The minimum Gasteiger partial charge on any atom is -0.368 e. The van der Waals surface area contributed by atoms with Crippen LogP contribution in [0.2, 0.25) is 0 Å². The maximum absolute atomic E-state index is 11.2. The Bertz CT molecular complexity index is 520. The average Bonchev–Trinajstić information content (AvgIpc) is 2.31. The first-order valence-electron chi connectivity index (χ1n) is 6.93. The Balaban J connectivity index is 2.26. The molecule has 1 heterocycles. The van der Waals surface area contributed by atoms with Crippen LogP contribution in [0.1, 0.15) is 38.8 Å². The predicted octanol–water partition coefficient (Wildman–Crippen LogP) is 2.51. The highest BCUT2D eigenvalue weighted by Gasteiger charge is 2.29. The van der Waals surface area contributed by atoms with Crippen molar-refractivity contribution in [3.05, 3.63) is 15.8 Å². The van der Waals surface area contributed by atoms with Crippen LogP contribution in [0.25, 0.3) is 0 Å². The van der Waals surface area contributed by atoms with E-state index in [1.807, 2.05) is 0 Å². The van der Waals surface area contributed by atoms with Gasteiger partial charge in [-0.15, -0.1) is 0 Å². The molecule has 3 atom stereocenters. The monoisotopic (exact) mass is 279 g/mol. The highest BCUT2D eigenvalue weighted by Crippen LogP contribution is 2.33. The molecular weight excluding hydrogens is 258 g/mol. The van der Waals surface area contributed by atoms with Crippen molar-refractivity contribution in [2.75, 3.05) is 11.1 Å². The first-order valence-corrected chi connectivity index (χ1v) is 6.93. The predicted molar refractivity (Wildman–Crippen MR) is 77.4 cm³/mol. The lowest BCUT2D eigenvalue weighted by molar-refractivity contribution is -0.385. The molecule has 0 radical (unpaired) electrons. The van der Waals surface area contributed by atoms with Gasteiger partial charge in [-0.05, 0) is 38.0 Å². The third-order valence-electron chi connectivity index (χ3n) is 4.01. The molecule has 1 saturated carbocycles. The van der Waals surface area contributed by atoms with E-state index in [1.165, 1.54) is 0 Å². The third kappa shape index (κ3) is 2.97. The van der Waals surface area contributed by atoms with Crippen LogP contribution in [0.4, 0.5) is 17.5 Å². The van der Waals surface area contributed by atoms with Crippen LogP contribution < -0.4 is 11.1 Å². The minimum atomic E-state index is -0.451. The van der Waals surface area contributed by atoms with Gasteiger partial charge in [0.2, 0.25) is 11.8 Å². The van der Waals surface area contributed by atoms with Crippen molar-refractivity contribution < 1.29 is 4.92 Å². The van der Waals surface area contributed by atoms with Crippen LogP contribution in [0.15, 0.2) is 0 Å². The van der Waals surface area contributed by atoms with Crippen LogP contribution in [0.3, 0.4) is 0 Å². The summed E-state index contributed by atoms with van der Waals surface area (Å²) in [4.78, 5) is 18.6. The Morgan fingerprint density at radius 3 is 2.65 bits per heavy atom. The second-order valence-electron chi connectivity index (χ2n) is 5.77. The van der Waals surface area contributed by atoms with Crippen molar-refractivity contribution in [2.45, 2.75) is 46.1 Å². The maximum atomic E-state index is 11.2. The average molecular weight is 279 g/mol. The van der Waals surface area contributed by atoms with Crippen LogP contribution in [0.5, 0.6) is 0 Å². The van der Waals surface area contributed by atoms with Gasteiger partial charge in [-0.25, -0.2) is 4.98 Å². The molecule has 1 aliphatic carbocycles. The maximum Gasteiger partial charge on any atom is 0.332 e. The fraction of sp³-hybridized carbons (Fsp3) is 0.692. The summed E-state index contributed by atoms with van der Waals surface area (Å²) in [6.45, 7) is 5.98. The SMILES string of the molecule is Cc1nc(N)nc(NC2CCC(C)CC2C)c1[N+](=O)[O-]. The van der Waals surface area contributed by atoms with Crippen molar-refractivity contribution in [3.8, 4) is 0 Å². The van der Waals surface area contributed by atoms with Crippen LogP contribution in [-0.2, 0) is 0 Å². The van der Waals surface area contributed by atoms with E-state index in [9.17, 15) is 10.1 Å². The second-order valence-corrected chi connectivity index (χ2v) is 5.77. The zero-order chi connectivity index (χ0) is 14.9. The second kappa shape index (κ2) is 5.60. The van der Waals surface area contributed by atoms with Crippen LogP contribution >= 0.6 is 0 Å². The van der Waals surface area contributed by atoms with Gasteiger partial charge < -0.3 is 11.1 Å². The van der Waals surface area contributed by atoms with Gasteiger partial charge in [-0.2, -0.15) is 4.98 Å². The number of rotatable bonds is 3. The van der Waals surface area contributed by atoms with Gasteiger partial charge in [0.05, 0.1) is 4.92 Å². The highest BCUT2D eigenvalue weighted by molar-refractivity contribution is 5.60. The molecule has 7 nitrogen and oxygen atoms in total. The number of nitrogen functional groups attached to an aromatic ring is 1. The normalized spacial score (nSPS) is 26.2. The summed E-state index contributed by atoms with van der Waals surface area (Å²) in [6.07, 6.45) is 3.23. The molecule has 0 aromatic carbocycles. The quantitative estimate of drug-likeness (QED) is 0.650. The summed E-state index contributed by atoms with van der Waals surface area (Å²) in [5.41, 5.74) is 5.82. The molecule has 1 aromatic heterocycles. The smallest absolute Gasteiger partial charge is 0.332 e. The van der Waals surface area contributed by atoms with E-state index in [2.05, 4.69) is 29.1 Å². The molecule has 0 aliphatic heterocycles. The fourth-order valence-corrected chi connectivity index (χ4v) is 2.96. The Morgan fingerprint density at radius 2 is 2.05 bits per heavy atom. The fourth-order valence-electron chi connectivity index (χ4n) is 2.96. The van der Waals surface area contributed by atoms with Crippen molar-refractivity contribution in [2.24, 2.45) is 11.8 Å². The lowest BCUT2D eigenvalue weighted by Crippen LogP contribution is -2.33.